The van der Waals surface area contributed by atoms with E-state index >= 15 is 0 Å². The molecule has 2 atom stereocenters. The molecule has 2 N–H and O–H groups in total. The lowest BCUT2D eigenvalue weighted by atomic mass is 10.1. The highest BCUT2D eigenvalue weighted by Gasteiger charge is 2.39. The van der Waals surface area contributed by atoms with E-state index in [0.29, 0.717) is 13.0 Å². The SMILES string of the molecule is C#C.C[C@@H]1CCN2C(=O)c3c(O)c(=O)c(O)cn3CC2O1. The number of aromatic nitrogens is 1. The minimum Gasteiger partial charge on any atom is -0.503 e. The first-order chi connectivity index (χ1) is 9.99. The standard InChI is InChI=1S/C12H14N2O5.C2H2/c1-6-2-3-14-8(19-6)5-13-4-7(15)10(16)11(17)9(13)12(14)18;1-2/h4,6,8,15,17H,2-3,5H2,1H3;1-2H/t6-,8?;/m1./s1. The Balaban J connectivity index is 0.000000774. The van der Waals surface area contributed by atoms with Gasteiger partial charge in [-0.3, -0.25) is 9.59 Å². The number of hydrogen-bond donors (Lipinski definition) is 2. The molecule has 21 heavy (non-hydrogen) atoms. The zero-order valence-electron chi connectivity index (χ0n) is 11.5. The topological polar surface area (TPSA) is 92.0 Å². The van der Waals surface area contributed by atoms with Gasteiger partial charge >= 0.3 is 0 Å². The molecule has 2 aliphatic heterocycles. The molecule has 7 heteroatoms. The van der Waals surface area contributed by atoms with E-state index in [2.05, 4.69) is 12.8 Å². The summed E-state index contributed by atoms with van der Waals surface area (Å²) < 4.78 is 7.04. The van der Waals surface area contributed by atoms with E-state index in [4.69, 9.17) is 4.74 Å². The van der Waals surface area contributed by atoms with Gasteiger partial charge in [0.25, 0.3) is 11.3 Å². The fourth-order valence-electron chi connectivity index (χ4n) is 2.56. The lowest BCUT2D eigenvalue weighted by molar-refractivity contribution is -0.128. The Hall–Kier alpha value is -2.46. The second-order valence-electron chi connectivity index (χ2n) is 4.88. The third-order valence-electron chi connectivity index (χ3n) is 3.57. The maximum absolute atomic E-state index is 12.3. The highest BCUT2D eigenvalue weighted by Crippen LogP contribution is 2.28. The van der Waals surface area contributed by atoms with Crippen LogP contribution in [0.1, 0.15) is 23.8 Å². The molecule has 0 aromatic carbocycles. The molecular weight excluding hydrogens is 276 g/mol. The fourth-order valence-corrected chi connectivity index (χ4v) is 2.56. The average Bonchev–Trinajstić information content (AvgIpc) is 2.46. The highest BCUT2D eigenvalue weighted by molar-refractivity contribution is 5.96. The highest BCUT2D eigenvalue weighted by atomic mass is 16.5. The Labute approximate surface area is 121 Å². The van der Waals surface area contributed by atoms with Gasteiger partial charge in [-0.1, -0.05) is 0 Å². The Morgan fingerprint density at radius 2 is 2.00 bits per heavy atom. The van der Waals surface area contributed by atoms with Gasteiger partial charge in [0, 0.05) is 6.54 Å². The summed E-state index contributed by atoms with van der Waals surface area (Å²) in [4.78, 5) is 25.3. The first-order valence-corrected chi connectivity index (χ1v) is 6.44. The third-order valence-corrected chi connectivity index (χ3v) is 3.57. The lowest BCUT2D eigenvalue weighted by Gasteiger charge is -2.42. The smallest absolute Gasteiger partial charge is 0.276 e. The molecule has 0 saturated carbocycles. The Morgan fingerprint density at radius 1 is 1.33 bits per heavy atom. The Morgan fingerprint density at radius 3 is 2.67 bits per heavy atom. The van der Waals surface area contributed by atoms with Crippen LogP contribution < -0.4 is 5.43 Å². The van der Waals surface area contributed by atoms with Crippen LogP contribution in [-0.4, -0.2) is 44.5 Å². The summed E-state index contributed by atoms with van der Waals surface area (Å²) in [5.74, 6) is -1.73. The molecule has 1 amide bonds. The normalized spacial score (nSPS) is 23.6. The van der Waals surface area contributed by atoms with Crippen molar-refractivity contribution in [3.8, 4) is 24.3 Å². The van der Waals surface area contributed by atoms with Crippen LogP contribution in [0.3, 0.4) is 0 Å². The minimum absolute atomic E-state index is 0.0529. The van der Waals surface area contributed by atoms with Crippen molar-refractivity contribution < 1.29 is 19.7 Å². The number of aromatic hydroxyl groups is 2. The molecule has 7 nitrogen and oxygen atoms in total. The van der Waals surface area contributed by atoms with Gasteiger partial charge in [-0.05, 0) is 13.3 Å². The van der Waals surface area contributed by atoms with Crippen molar-refractivity contribution in [1.82, 2.24) is 9.47 Å². The number of hydrogen-bond acceptors (Lipinski definition) is 5. The van der Waals surface area contributed by atoms with E-state index < -0.39 is 29.1 Å². The van der Waals surface area contributed by atoms with Crippen molar-refractivity contribution in [3.05, 3.63) is 22.1 Å². The van der Waals surface area contributed by atoms with Crippen LogP contribution in [-0.2, 0) is 11.3 Å². The number of fused-ring (bicyclic) bond motifs is 2. The summed E-state index contributed by atoms with van der Waals surface area (Å²) in [6.45, 7) is 2.74. The van der Waals surface area contributed by atoms with E-state index in [-0.39, 0.29) is 18.3 Å². The molecule has 1 unspecified atom stereocenters. The van der Waals surface area contributed by atoms with Crippen LogP contribution in [0.15, 0.2) is 11.0 Å². The Bertz CT molecular complexity index is 649. The summed E-state index contributed by atoms with van der Waals surface area (Å²) >= 11 is 0. The number of ether oxygens (including phenoxy) is 1. The van der Waals surface area contributed by atoms with Crippen LogP contribution in [0.2, 0.25) is 0 Å². The average molecular weight is 292 g/mol. The number of rotatable bonds is 0. The monoisotopic (exact) mass is 292 g/mol. The van der Waals surface area contributed by atoms with Crippen LogP contribution in [0, 0.1) is 12.8 Å². The molecule has 0 radical (unpaired) electrons. The van der Waals surface area contributed by atoms with Crippen molar-refractivity contribution in [2.75, 3.05) is 6.54 Å². The zero-order chi connectivity index (χ0) is 15.7. The molecule has 3 rings (SSSR count). The van der Waals surface area contributed by atoms with Gasteiger partial charge < -0.3 is 24.4 Å². The second-order valence-corrected chi connectivity index (χ2v) is 4.88. The van der Waals surface area contributed by atoms with Crippen molar-refractivity contribution in [2.24, 2.45) is 0 Å². The quantitative estimate of drug-likeness (QED) is 0.662. The molecular formula is C14H16N2O5. The molecule has 2 aliphatic rings. The van der Waals surface area contributed by atoms with E-state index in [1.54, 1.807) is 0 Å². The van der Waals surface area contributed by atoms with Gasteiger partial charge in [0.15, 0.2) is 23.4 Å². The predicted molar refractivity (Wildman–Crippen MR) is 73.9 cm³/mol. The van der Waals surface area contributed by atoms with Gasteiger partial charge in [0.2, 0.25) is 0 Å². The van der Waals surface area contributed by atoms with Crippen molar-refractivity contribution in [2.45, 2.75) is 32.2 Å². The van der Waals surface area contributed by atoms with Crippen molar-refractivity contribution in [1.29, 1.82) is 0 Å². The largest absolute Gasteiger partial charge is 0.503 e. The zero-order valence-corrected chi connectivity index (χ0v) is 11.5. The number of nitrogens with zero attached hydrogens (tertiary/aromatic N) is 2. The van der Waals surface area contributed by atoms with Gasteiger partial charge in [0.05, 0.1) is 18.8 Å². The second kappa shape index (κ2) is 5.50. The molecule has 0 spiro atoms. The van der Waals surface area contributed by atoms with Crippen LogP contribution in [0.25, 0.3) is 0 Å². The van der Waals surface area contributed by atoms with Crippen LogP contribution in [0.5, 0.6) is 11.5 Å². The van der Waals surface area contributed by atoms with E-state index in [9.17, 15) is 19.8 Å². The molecule has 112 valence electrons. The molecule has 0 aliphatic carbocycles. The molecule has 1 aromatic rings. The van der Waals surface area contributed by atoms with Gasteiger partial charge in [0.1, 0.15) is 0 Å². The molecule has 1 saturated heterocycles. The maximum atomic E-state index is 12.3. The van der Waals surface area contributed by atoms with E-state index in [0.717, 1.165) is 6.20 Å². The Kier molecular flexibility index (Phi) is 3.91. The predicted octanol–water partition coefficient (Wildman–Crippen LogP) is 0.0996. The van der Waals surface area contributed by atoms with E-state index in [1.807, 2.05) is 6.92 Å². The minimum atomic E-state index is -0.927. The number of carbonyl (C=O) groups is 1. The fraction of sp³-hybridized carbons (Fsp3) is 0.429. The summed E-state index contributed by atoms with van der Waals surface area (Å²) in [6.07, 6.45) is 9.50. The summed E-state index contributed by atoms with van der Waals surface area (Å²) in [7, 11) is 0. The first kappa shape index (κ1) is 14.9. The first-order valence-electron chi connectivity index (χ1n) is 6.44. The van der Waals surface area contributed by atoms with Gasteiger partial charge in [-0.15, -0.1) is 12.8 Å². The van der Waals surface area contributed by atoms with Crippen LogP contribution in [0.4, 0.5) is 0 Å². The van der Waals surface area contributed by atoms with Crippen molar-refractivity contribution in [3.63, 3.8) is 0 Å². The van der Waals surface area contributed by atoms with Gasteiger partial charge in [-0.2, -0.15) is 0 Å². The summed E-state index contributed by atoms with van der Waals surface area (Å²) in [6, 6.07) is 0. The number of terminal acetylenes is 1. The molecule has 0 bridgehead atoms. The molecule has 1 fully saturated rings. The van der Waals surface area contributed by atoms with Crippen LogP contribution >= 0.6 is 0 Å². The third kappa shape index (κ3) is 2.34. The summed E-state index contributed by atoms with van der Waals surface area (Å²) in [5, 5.41) is 19.2. The summed E-state index contributed by atoms with van der Waals surface area (Å²) in [5.41, 5.74) is -1.01. The maximum Gasteiger partial charge on any atom is 0.276 e. The van der Waals surface area contributed by atoms with E-state index in [1.165, 1.54) is 9.47 Å². The molecule has 1 aromatic heterocycles. The number of carbonyl (C=O) groups excluding carboxylic acids is 1. The number of amides is 1. The number of pyridine rings is 1. The van der Waals surface area contributed by atoms with Gasteiger partial charge in [-0.25, -0.2) is 0 Å². The lowest BCUT2D eigenvalue weighted by Crippen LogP contribution is -2.54. The van der Waals surface area contributed by atoms with Crippen molar-refractivity contribution >= 4 is 5.91 Å². The molecule has 3 heterocycles.